The molecular formula is C10H17NO. The van der Waals surface area contributed by atoms with E-state index in [1.54, 1.807) is 0 Å². The summed E-state index contributed by atoms with van der Waals surface area (Å²) in [5, 5.41) is 12.5. The van der Waals surface area contributed by atoms with Gasteiger partial charge < -0.3 is 10.4 Å². The normalized spacial score (nSPS) is 23.5. The molecule has 2 nitrogen and oxygen atoms in total. The average Bonchev–Trinajstić information content (AvgIpc) is 2.04. The van der Waals surface area contributed by atoms with E-state index in [1.165, 1.54) is 11.1 Å². The standard InChI is InChI=1S/C10H17NO/c1-3-8(2)4-9-5-10(12)7-11-6-9/h5,10-12H,2-4,6-7H2,1H3. The van der Waals surface area contributed by atoms with Crippen LogP contribution in [0.25, 0.3) is 0 Å². The zero-order valence-corrected chi connectivity index (χ0v) is 7.64. The van der Waals surface area contributed by atoms with Crippen molar-refractivity contribution in [3.8, 4) is 0 Å². The third kappa shape index (κ3) is 2.80. The van der Waals surface area contributed by atoms with Crippen molar-refractivity contribution in [3.63, 3.8) is 0 Å². The van der Waals surface area contributed by atoms with Crippen LogP contribution in [0.3, 0.4) is 0 Å². The second-order valence-electron chi connectivity index (χ2n) is 3.30. The fraction of sp³-hybridized carbons (Fsp3) is 0.600. The van der Waals surface area contributed by atoms with Crippen LogP contribution >= 0.6 is 0 Å². The van der Waals surface area contributed by atoms with E-state index >= 15 is 0 Å². The summed E-state index contributed by atoms with van der Waals surface area (Å²) < 4.78 is 0. The topological polar surface area (TPSA) is 32.3 Å². The molecule has 1 rings (SSSR count). The van der Waals surface area contributed by atoms with E-state index in [4.69, 9.17) is 0 Å². The Morgan fingerprint density at radius 1 is 1.83 bits per heavy atom. The Morgan fingerprint density at radius 3 is 3.17 bits per heavy atom. The molecule has 1 heterocycles. The number of allylic oxidation sites excluding steroid dienone is 1. The minimum Gasteiger partial charge on any atom is -0.388 e. The van der Waals surface area contributed by atoms with Gasteiger partial charge >= 0.3 is 0 Å². The van der Waals surface area contributed by atoms with Gasteiger partial charge in [0.15, 0.2) is 0 Å². The van der Waals surface area contributed by atoms with Crippen LogP contribution in [0.4, 0.5) is 0 Å². The van der Waals surface area contributed by atoms with Gasteiger partial charge in [-0.05, 0) is 12.8 Å². The van der Waals surface area contributed by atoms with E-state index in [0.29, 0.717) is 6.54 Å². The highest BCUT2D eigenvalue weighted by Crippen LogP contribution is 2.14. The largest absolute Gasteiger partial charge is 0.388 e. The van der Waals surface area contributed by atoms with Gasteiger partial charge in [0.05, 0.1) is 6.10 Å². The average molecular weight is 167 g/mol. The first kappa shape index (κ1) is 9.49. The quantitative estimate of drug-likeness (QED) is 0.620. The minimum absolute atomic E-state index is 0.307. The molecule has 0 aromatic heterocycles. The SMILES string of the molecule is C=C(CC)CC1=CC(O)CNC1. The maximum absolute atomic E-state index is 9.30. The Balaban J connectivity index is 2.45. The summed E-state index contributed by atoms with van der Waals surface area (Å²) in [6.45, 7) is 7.63. The smallest absolute Gasteiger partial charge is 0.0848 e. The summed E-state index contributed by atoms with van der Waals surface area (Å²) in [6, 6.07) is 0. The molecule has 0 saturated heterocycles. The van der Waals surface area contributed by atoms with Gasteiger partial charge in [-0.3, -0.25) is 0 Å². The van der Waals surface area contributed by atoms with Crippen LogP contribution in [0.2, 0.25) is 0 Å². The van der Waals surface area contributed by atoms with E-state index in [2.05, 4.69) is 18.8 Å². The molecule has 1 unspecified atom stereocenters. The lowest BCUT2D eigenvalue weighted by atomic mass is 10.0. The van der Waals surface area contributed by atoms with Crippen LogP contribution in [0.5, 0.6) is 0 Å². The fourth-order valence-electron chi connectivity index (χ4n) is 1.34. The Bertz CT molecular complexity index is 196. The second kappa shape index (κ2) is 4.43. The molecule has 1 aliphatic heterocycles. The second-order valence-corrected chi connectivity index (χ2v) is 3.30. The molecule has 1 atom stereocenters. The number of rotatable bonds is 3. The minimum atomic E-state index is -0.307. The molecule has 68 valence electrons. The van der Waals surface area contributed by atoms with Crippen molar-refractivity contribution in [1.29, 1.82) is 0 Å². The van der Waals surface area contributed by atoms with Crippen LogP contribution in [-0.4, -0.2) is 24.3 Å². The van der Waals surface area contributed by atoms with Crippen molar-refractivity contribution < 1.29 is 5.11 Å². The Kier molecular flexibility index (Phi) is 3.50. The van der Waals surface area contributed by atoms with Crippen molar-refractivity contribution in [2.24, 2.45) is 0 Å². The first-order valence-corrected chi connectivity index (χ1v) is 4.47. The Morgan fingerprint density at radius 2 is 2.58 bits per heavy atom. The Labute approximate surface area is 74.0 Å². The summed E-state index contributed by atoms with van der Waals surface area (Å²) in [6.07, 6.45) is 3.59. The molecule has 0 amide bonds. The van der Waals surface area contributed by atoms with Crippen LogP contribution in [-0.2, 0) is 0 Å². The highest BCUT2D eigenvalue weighted by atomic mass is 16.3. The van der Waals surface area contributed by atoms with Gasteiger partial charge in [-0.1, -0.05) is 30.7 Å². The molecule has 0 fully saturated rings. The third-order valence-electron chi connectivity index (χ3n) is 2.11. The first-order chi connectivity index (χ1) is 5.72. The summed E-state index contributed by atoms with van der Waals surface area (Å²) in [4.78, 5) is 0. The predicted octanol–water partition coefficient (Wildman–Crippen LogP) is 1.23. The molecule has 2 N–H and O–H groups in total. The van der Waals surface area contributed by atoms with Gasteiger partial charge in [-0.15, -0.1) is 0 Å². The number of aliphatic hydroxyl groups is 1. The maximum atomic E-state index is 9.30. The maximum Gasteiger partial charge on any atom is 0.0848 e. The van der Waals surface area contributed by atoms with Crippen LogP contribution < -0.4 is 5.32 Å². The molecule has 2 heteroatoms. The molecular weight excluding hydrogens is 150 g/mol. The van der Waals surface area contributed by atoms with E-state index in [1.807, 2.05) is 6.08 Å². The lowest BCUT2D eigenvalue weighted by molar-refractivity contribution is 0.212. The van der Waals surface area contributed by atoms with Crippen LogP contribution in [0, 0.1) is 0 Å². The third-order valence-corrected chi connectivity index (χ3v) is 2.11. The number of hydrogen-bond acceptors (Lipinski definition) is 2. The van der Waals surface area contributed by atoms with Gasteiger partial charge in [0.1, 0.15) is 0 Å². The molecule has 12 heavy (non-hydrogen) atoms. The number of β-amino-alcohol motifs (C(OH)–C–C–N with tert-alkyl or cyclic N) is 1. The molecule has 0 aromatic rings. The predicted molar refractivity (Wildman–Crippen MR) is 51.0 cm³/mol. The van der Waals surface area contributed by atoms with Gasteiger partial charge in [0, 0.05) is 13.1 Å². The number of nitrogens with one attached hydrogen (secondary N) is 1. The monoisotopic (exact) mass is 167 g/mol. The molecule has 0 bridgehead atoms. The highest BCUT2D eigenvalue weighted by Gasteiger charge is 2.09. The lowest BCUT2D eigenvalue weighted by Gasteiger charge is -2.18. The molecule has 1 aliphatic rings. The zero-order valence-electron chi connectivity index (χ0n) is 7.64. The van der Waals surface area contributed by atoms with Gasteiger partial charge in [-0.25, -0.2) is 0 Å². The van der Waals surface area contributed by atoms with E-state index in [9.17, 15) is 5.11 Å². The first-order valence-electron chi connectivity index (χ1n) is 4.47. The van der Waals surface area contributed by atoms with E-state index in [-0.39, 0.29) is 6.10 Å². The van der Waals surface area contributed by atoms with Crippen molar-refractivity contribution in [1.82, 2.24) is 5.32 Å². The highest BCUT2D eigenvalue weighted by molar-refractivity contribution is 5.18. The number of aliphatic hydroxyl groups excluding tert-OH is 1. The van der Waals surface area contributed by atoms with Crippen molar-refractivity contribution in [2.45, 2.75) is 25.9 Å². The summed E-state index contributed by atoms with van der Waals surface area (Å²) in [7, 11) is 0. The molecule has 0 saturated carbocycles. The molecule has 0 radical (unpaired) electrons. The van der Waals surface area contributed by atoms with Gasteiger partial charge in [-0.2, -0.15) is 0 Å². The van der Waals surface area contributed by atoms with Crippen molar-refractivity contribution in [3.05, 3.63) is 23.8 Å². The Hall–Kier alpha value is -0.600. The van der Waals surface area contributed by atoms with Gasteiger partial charge in [0.2, 0.25) is 0 Å². The van der Waals surface area contributed by atoms with Crippen LogP contribution in [0.1, 0.15) is 19.8 Å². The lowest BCUT2D eigenvalue weighted by Crippen LogP contribution is -2.32. The molecule has 0 spiro atoms. The summed E-state index contributed by atoms with van der Waals surface area (Å²) in [5.74, 6) is 0. The van der Waals surface area contributed by atoms with E-state index < -0.39 is 0 Å². The fourth-order valence-corrected chi connectivity index (χ4v) is 1.34. The zero-order chi connectivity index (χ0) is 8.97. The van der Waals surface area contributed by atoms with Gasteiger partial charge in [0.25, 0.3) is 0 Å². The van der Waals surface area contributed by atoms with Crippen molar-refractivity contribution in [2.75, 3.05) is 13.1 Å². The molecule has 0 aliphatic carbocycles. The summed E-state index contributed by atoms with van der Waals surface area (Å²) in [5.41, 5.74) is 2.50. The number of hydrogen-bond donors (Lipinski definition) is 2. The van der Waals surface area contributed by atoms with Crippen LogP contribution in [0.15, 0.2) is 23.8 Å². The van der Waals surface area contributed by atoms with Crippen molar-refractivity contribution >= 4 is 0 Å². The summed E-state index contributed by atoms with van der Waals surface area (Å²) >= 11 is 0. The molecule has 0 aromatic carbocycles. The van der Waals surface area contributed by atoms with E-state index in [0.717, 1.165) is 19.4 Å².